The fraction of sp³-hybridized carbons (Fsp3) is 0.100. The van der Waals surface area contributed by atoms with E-state index in [4.69, 9.17) is 21.1 Å². The van der Waals surface area contributed by atoms with Gasteiger partial charge in [-0.2, -0.15) is 5.26 Å². The van der Waals surface area contributed by atoms with E-state index in [9.17, 15) is 5.26 Å². The van der Waals surface area contributed by atoms with E-state index in [0.717, 1.165) is 16.9 Å². The Morgan fingerprint density at radius 3 is 2.56 bits per heavy atom. The van der Waals surface area contributed by atoms with Crippen molar-refractivity contribution in [3.63, 3.8) is 0 Å². The van der Waals surface area contributed by atoms with Gasteiger partial charge in [0.2, 0.25) is 0 Å². The summed E-state index contributed by atoms with van der Waals surface area (Å²) < 4.78 is 10.6. The molecule has 136 valence electrons. The van der Waals surface area contributed by atoms with E-state index in [2.05, 4.69) is 16.4 Å². The lowest BCUT2D eigenvalue weighted by Gasteiger charge is -2.08. The monoisotopic (exact) mass is 397 g/mol. The zero-order chi connectivity index (χ0) is 19.2. The van der Waals surface area contributed by atoms with Gasteiger partial charge in [-0.25, -0.2) is 4.98 Å². The maximum atomic E-state index is 9.48. The van der Waals surface area contributed by atoms with Crippen LogP contribution >= 0.6 is 22.9 Å². The number of benzene rings is 2. The largest absolute Gasteiger partial charge is 0.493 e. The zero-order valence-electron chi connectivity index (χ0n) is 14.7. The number of nitriles is 1. The predicted molar refractivity (Wildman–Crippen MR) is 109 cm³/mol. The molecule has 0 fully saturated rings. The van der Waals surface area contributed by atoms with E-state index in [1.54, 1.807) is 32.6 Å². The minimum atomic E-state index is 0.446. The molecule has 0 bridgehead atoms. The first-order valence-corrected chi connectivity index (χ1v) is 9.21. The molecule has 0 unspecified atom stereocenters. The number of ether oxygens (including phenoxy) is 2. The number of hydrogen-bond acceptors (Lipinski definition) is 6. The molecule has 3 aromatic rings. The number of allylic oxidation sites excluding steroid dienone is 1. The van der Waals surface area contributed by atoms with Gasteiger partial charge in [0.05, 0.1) is 19.9 Å². The molecule has 0 aliphatic heterocycles. The molecule has 27 heavy (non-hydrogen) atoms. The number of methoxy groups -OCH3 is 2. The second-order valence-corrected chi connectivity index (χ2v) is 6.72. The molecule has 1 aromatic heterocycles. The second-order valence-electron chi connectivity index (χ2n) is 5.43. The molecule has 3 rings (SSSR count). The molecule has 1 heterocycles. The Kier molecular flexibility index (Phi) is 5.97. The second kappa shape index (κ2) is 8.58. The van der Waals surface area contributed by atoms with Gasteiger partial charge in [-0.1, -0.05) is 11.6 Å². The van der Waals surface area contributed by atoms with Gasteiger partial charge in [0, 0.05) is 27.9 Å². The van der Waals surface area contributed by atoms with Crippen LogP contribution in [0.1, 0.15) is 5.01 Å². The Morgan fingerprint density at radius 2 is 1.89 bits per heavy atom. The molecule has 7 heteroatoms. The molecule has 0 spiro atoms. The maximum absolute atomic E-state index is 9.48. The summed E-state index contributed by atoms with van der Waals surface area (Å²) in [7, 11) is 3.18. The molecule has 1 N–H and O–H groups in total. The first-order valence-electron chi connectivity index (χ1n) is 7.95. The minimum Gasteiger partial charge on any atom is -0.493 e. The van der Waals surface area contributed by atoms with Crippen molar-refractivity contribution in [1.82, 2.24) is 4.98 Å². The van der Waals surface area contributed by atoms with E-state index in [-0.39, 0.29) is 0 Å². The normalized spacial score (nSPS) is 11.0. The lowest BCUT2D eigenvalue weighted by atomic mass is 10.1. The van der Waals surface area contributed by atoms with Gasteiger partial charge >= 0.3 is 0 Å². The van der Waals surface area contributed by atoms with Gasteiger partial charge in [0.15, 0.2) is 11.5 Å². The van der Waals surface area contributed by atoms with Gasteiger partial charge in [-0.3, -0.25) is 0 Å². The standard InChI is InChI=1S/C20H16ClN3O2S/c1-25-18-8-3-13(9-19(18)26-2)17-12-27-20(24-17)14(10-22)11-23-16-6-4-15(21)5-7-16/h3-9,11-12,23H,1-2H3/b14-11+. The van der Waals surface area contributed by atoms with Crippen LogP contribution in [-0.2, 0) is 0 Å². The number of nitrogens with one attached hydrogen (secondary N) is 1. The van der Waals surface area contributed by atoms with Gasteiger partial charge in [-0.15, -0.1) is 11.3 Å². The first kappa shape index (κ1) is 18.8. The number of hydrogen-bond donors (Lipinski definition) is 1. The highest BCUT2D eigenvalue weighted by Gasteiger charge is 2.11. The average Bonchev–Trinajstić information content (AvgIpc) is 3.19. The number of halogens is 1. The van der Waals surface area contributed by atoms with E-state index in [1.807, 2.05) is 35.7 Å². The van der Waals surface area contributed by atoms with Crippen molar-refractivity contribution in [1.29, 1.82) is 5.26 Å². The number of thiazole rings is 1. The maximum Gasteiger partial charge on any atom is 0.161 e. The van der Waals surface area contributed by atoms with Crippen molar-refractivity contribution in [3.05, 3.63) is 64.1 Å². The summed E-state index contributed by atoms with van der Waals surface area (Å²) in [4.78, 5) is 4.58. The Labute approximate surface area is 166 Å². The highest BCUT2D eigenvalue weighted by atomic mass is 35.5. The molecule has 0 amide bonds. The van der Waals surface area contributed by atoms with Gasteiger partial charge in [0.1, 0.15) is 16.6 Å². The molecule has 2 aromatic carbocycles. The van der Waals surface area contributed by atoms with Crippen LogP contribution in [0.2, 0.25) is 5.02 Å². The lowest BCUT2D eigenvalue weighted by molar-refractivity contribution is 0.355. The van der Waals surface area contributed by atoms with Crippen LogP contribution in [0.5, 0.6) is 11.5 Å². The molecule has 0 radical (unpaired) electrons. The smallest absolute Gasteiger partial charge is 0.161 e. The molecule has 0 saturated heterocycles. The van der Waals surface area contributed by atoms with E-state index >= 15 is 0 Å². The average molecular weight is 398 g/mol. The number of aromatic nitrogens is 1. The first-order chi connectivity index (χ1) is 13.1. The summed E-state index contributed by atoms with van der Waals surface area (Å²) in [6.45, 7) is 0. The van der Waals surface area contributed by atoms with Gasteiger partial charge in [-0.05, 0) is 42.5 Å². The van der Waals surface area contributed by atoms with Crippen molar-refractivity contribution < 1.29 is 9.47 Å². The molecule has 0 saturated carbocycles. The summed E-state index contributed by atoms with van der Waals surface area (Å²) in [6, 6.07) is 15.0. The van der Waals surface area contributed by atoms with Gasteiger partial charge in [0.25, 0.3) is 0 Å². The Bertz CT molecular complexity index is 1010. The Hall–Kier alpha value is -3.01. The van der Waals surface area contributed by atoms with Crippen LogP contribution in [0.25, 0.3) is 16.8 Å². The van der Waals surface area contributed by atoms with Gasteiger partial charge < -0.3 is 14.8 Å². The quantitative estimate of drug-likeness (QED) is 0.559. The van der Waals surface area contributed by atoms with Crippen LogP contribution in [0.15, 0.2) is 54.0 Å². The van der Waals surface area contributed by atoms with Crippen LogP contribution in [-0.4, -0.2) is 19.2 Å². The van der Waals surface area contributed by atoms with Crippen molar-refractivity contribution in [2.75, 3.05) is 19.5 Å². The lowest BCUT2D eigenvalue weighted by Crippen LogP contribution is -1.92. The third-order valence-corrected chi connectivity index (χ3v) is 4.89. The molecule has 0 aliphatic rings. The predicted octanol–water partition coefficient (Wildman–Crippen LogP) is 5.46. The van der Waals surface area contributed by atoms with Crippen LogP contribution < -0.4 is 14.8 Å². The molecular weight excluding hydrogens is 382 g/mol. The van der Waals surface area contributed by atoms with Crippen molar-refractivity contribution in [2.45, 2.75) is 0 Å². The minimum absolute atomic E-state index is 0.446. The number of rotatable bonds is 6. The molecule has 0 atom stereocenters. The topological polar surface area (TPSA) is 67.2 Å². The Morgan fingerprint density at radius 1 is 1.15 bits per heavy atom. The van der Waals surface area contributed by atoms with Crippen molar-refractivity contribution >= 4 is 34.2 Å². The Balaban J connectivity index is 1.84. The summed E-state index contributed by atoms with van der Waals surface area (Å²) in [5.41, 5.74) is 2.94. The molecule has 0 aliphatic carbocycles. The zero-order valence-corrected chi connectivity index (χ0v) is 16.3. The fourth-order valence-corrected chi connectivity index (χ4v) is 3.29. The van der Waals surface area contributed by atoms with E-state index in [0.29, 0.717) is 27.1 Å². The third-order valence-electron chi connectivity index (χ3n) is 3.76. The highest BCUT2D eigenvalue weighted by Crippen LogP contribution is 2.33. The summed E-state index contributed by atoms with van der Waals surface area (Å²) >= 11 is 7.28. The SMILES string of the molecule is COc1ccc(-c2csc(/C(C#N)=C/Nc3ccc(Cl)cc3)n2)cc1OC. The molecular formula is C20H16ClN3O2S. The van der Waals surface area contributed by atoms with Crippen LogP contribution in [0.4, 0.5) is 5.69 Å². The van der Waals surface area contributed by atoms with E-state index < -0.39 is 0 Å². The van der Waals surface area contributed by atoms with Crippen LogP contribution in [0.3, 0.4) is 0 Å². The third kappa shape index (κ3) is 4.40. The fourth-order valence-electron chi connectivity index (χ4n) is 2.37. The van der Waals surface area contributed by atoms with Crippen molar-refractivity contribution in [2.24, 2.45) is 0 Å². The summed E-state index contributed by atoms with van der Waals surface area (Å²) in [5.74, 6) is 1.28. The summed E-state index contributed by atoms with van der Waals surface area (Å²) in [6.07, 6.45) is 1.64. The summed E-state index contributed by atoms with van der Waals surface area (Å²) in [5, 5.41) is 15.8. The molecule has 5 nitrogen and oxygen atoms in total. The number of anilines is 1. The number of nitrogens with zero attached hydrogens (tertiary/aromatic N) is 2. The van der Waals surface area contributed by atoms with E-state index in [1.165, 1.54) is 11.3 Å². The highest BCUT2D eigenvalue weighted by molar-refractivity contribution is 7.11. The van der Waals surface area contributed by atoms with Crippen LogP contribution in [0, 0.1) is 11.3 Å². The van der Waals surface area contributed by atoms with Crippen molar-refractivity contribution in [3.8, 4) is 28.8 Å².